The van der Waals surface area contributed by atoms with Gasteiger partial charge < -0.3 is 65.0 Å². The number of piperazine rings is 2. The second-order valence-electron chi connectivity index (χ2n) is 28.1. The van der Waals surface area contributed by atoms with Gasteiger partial charge in [-0.2, -0.15) is 18.4 Å². The van der Waals surface area contributed by atoms with Gasteiger partial charge in [0.15, 0.2) is 0 Å². The number of nitrogens with zero attached hydrogens (tertiary/aromatic N) is 12. The Balaban J connectivity index is 0.000000182. The summed E-state index contributed by atoms with van der Waals surface area (Å²) in [7, 11) is -1.29. The summed E-state index contributed by atoms with van der Waals surface area (Å²) in [6.07, 6.45) is 13.6. The van der Waals surface area contributed by atoms with Crippen LogP contribution in [-0.4, -0.2) is 220 Å². The molecule has 4 aliphatic heterocycles. The highest BCUT2D eigenvalue weighted by Gasteiger charge is 2.31. The van der Waals surface area contributed by atoms with E-state index in [0.29, 0.717) is 39.2 Å². The second-order valence-corrected chi connectivity index (χ2v) is 39.8. The number of nitrogens with one attached hydrogen (secondary N) is 3. The van der Waals surface area contributed by atoms with E-state index in [0.717, 1.165) is 172 Å². The molecule has 0 unspecified atom stereocenters. The summed E-state index contributed by atoms with van der Waals surface area (Å²) in [6, 6.07) is 27.4. The number of halogens is 3. The third-order valence-corrected chi connectivity index (χ3v) is 26.3. The van der Waals surface area contributed by atoms with Crippen LogP contribution < -0.4 is 51.6 Å². The lowest BCUT2D eigenvalue weighted by molar-refractivity contribution is 0.0981. The average Bonchev–Trinajstić information content (AvgIpc) is 1.61. The number of unbranched alkanes of at least 4 members (excludes halogenated alkanes) is 1. The van der Waals surface area contributed by atoms with Gasteiger partial charge in [0.25, 0.3) is 10.1 Å². The molecule has 0 aliphatic carbocycles. The van der Waals surface area contributed by atoms with Gasteiger partial charge in [0.2, 0.25) is 11.2 Å². The summed E-state index contributed by atoms with van der Waals surface area (Å²) in [5, 5.41) is 25.3. The number of methoxy groups -OCH3 is 2. The van der Waals surface area contributed by atoms with Crippen molar-refractivity contribution in [3.63, 3.8) is 0 Å². The lowest BCUT2D eigenvalue weighted by Gasteiger charge is -2.42. The van der Waals surface area contributed by atoms with Crippen molar-refractivity contribution in [2.45, 2.75) is 83.2 Å². The number of nitrogens with two attached hydrogens (primary N) is 1. The Labute approximate surface area is 672 Å². The average molecular weight is 1730 g/mol. The highest BCUT2D eigenvalue weighted by molar-refractivity contribution is 9.11. The summed E-state index contributed by atoms with van der Waals surface area (Å²) >= 11 is 15.9. The maximum Gasteiger partial charge on any atom is 0.294 e. The van der Waals surface area contributed by atoms with E-state index >= 15 is 0 Å². The Morgan fingerprint density at radius 1 is 0.596 bits per heavy atom. The molecule has 32 heteroatoms. The molecule has 0 saturated carbocycles. The minimum Gasteiger partial charge on any atom is -0.495 e. The molecule has 4 saturated heterocycles. The molecule has 4 aliphatic rings. The number of anilines is 9. The van der Waals surface area contributed by atoms with Crippen LogP contribution >= 0.6 is 80.4 Å². The molecule has 0 spiro atoms. The van der Waals surface area contributed by atoms with Gasteiger partial charge in [-0.05, 0) is 209 Å². The maximum absolute atomic E-state index is 13.3. The molecular formula is C77H103Br2ClN16O8P2S3. The number of nitrogen functional groups attached to an aromatic ring is 1. The Kier molecular flexibility index (Phi) is 31.8. The number of rotatable bonds is 19. The van der Waals surface area contributed by atoms with Crippen molar-refractivity contribution in [3.8, 4) is 32.6 Å². The number of aliphatic hydroxyl groups excluding tert-OH is 1. The van der Waals surface area contributed by atoms with Crippen LogP contribution in [0.25, 0.3) is 21.1 Å². The quantitative estimate of drug-likeness (QED) is 0.0190. The van der Waals surface area contributed by atoms with Crippen LogP contribution in [0, 0.1) is 20.8 Å². The van der Waals surface area contributed by atoms with Crippen LogP contribution in [0.4, 0.5) is 51.7 Å². The van der Waals surface area contributed by atoms with E-state index in [4.69, 9.17) is 41.5 Å². The van der Waals surface area contributed by atoms with Gasteiger partial charge in [0, 0.05) is 178 Å². The number of aliphatic hydroxyl groups is 1. The molecule has 109 heavy (non-hydrogen) atoms. The number of thiazole rings is 2. The maximum atomic E-state index is 13.3. The first kappa shape index (κ1) is 86.3. The Bertz CT molecular complexity index is 4650. The monoisotopic (exact) mass is 1730 g/mol. The summed E-state index contributed by atoms with van der Waals surface area (Å²) in [4.78, 5) is 41.2. The number of benzene rings is 5. The highest BCUT2D eigenvalue weighted by atomic mass is 79.9. The molecule has 7 N–H and O–H groups in total. The van der Waals surface area contributed by atoms with Gasteiger partial charge >= 0.3 is 0 Å². The van der Waals surface area contributed by atoms with Gasteiger partial charge in [-0.3, -0.25) is 14.4 Å². The van der Waals surface area contributed by atoms with Crippen LogP contribution in [0.5, 0.6) is 11.5 Å². The number of ether oxygens (including phenoxy) is 2. The Morgan fingerprint density at radius 3 is 1.46 bits per heavy atom. The highest BCUT2D eigenvalue weighted by Crippen LogP contribution is 2.44. The van der Waals surface area contributed by atoms with Crippen molar-refractivity contribution in [2.75, 3.05) is 172 Å². The molecule has 588 valence electrons. The molecule has 13 rings (SSSR count). The Morgan fingerprint density at radius 2 is 1.05 bits per heavy atom. The van der Waals surface area contributed by atoms with E-state index in [-0.39, 0.29) is 10.2 Å². The number of likely N-dealkylation sites (N-methyl/N-ethyl adjacent to an activating group) is 2. The summed E-state index contributed by atoms with van der Waals surface area (Å²) < 4.78 is 68.5. The van der Waals surface area contributed by atoms with Gasteiger partial charge in [-0.15, -0.1) is 22.7 Å². The zero-order valence-electron chi connectivity index (χ0n) is 64.2. The first-order valence-corrected chi connectivity index (χ1v) is 46.6. The number of aryl methyl sites for hydroxylation is 3. The first-order valence-electron chi connectivity index (χ1n) is 36.3. The molecule has 0 amide bonds. The third kappa shape index (κ3) is 24.7. The fourth-order valence-electron chi connectivity index (χ4n) is 13.0. The second kappa shape index (κ2) is 40.2. The normalized spacial score (nSPS) is 15.8. The minimum absolute atomic E-state index is 0.0666. The van der Waals surface area contributed by atoms with Crippen LogP contribution in [0.1, 0.15) is 62.1 Å². The zero-order chi connectivity index (χ0) is 78.7. The predicted octanol–water partition coefficient (Wildman–Crippen LogP) is 15.5. The molecule has 4 aromatic heterocycles. The van der Waals surface area contributed by atoms with Crippen molar-refractivity contribution >= 4 is 153 Å². The van der Waals surface area contributed by atoms with E-state index < -0.39 is 24.4 Å². The van der Waals surface area contributed by atoms with Crippen molar-refractivity contribution in [2.24, 2.45) is 0 Å². The van der Waals surface area contributed by atoms with Gasteiger partial charge in [-0.1, -0.05) is 31.0 Å². The number of hydrogen-bond acceptors (Lipinski definition) is 25. The minimum atomic E-state index is -4.02. The van der Waals surface area contributed by atoms with E-state index in [2.05, 4.69) is 149 Å². The van der Waals surface area contributed by atoms with Crippen LogP contribution in [0.3, 0.4) is 0 Å². The SMILES string of the molecule is CCCCO.COc1cc(N)c(C)cc1N1CCC(N2CCN(C)CC2)CC1.COc1cc(Nc2ncc(Br)c(Nc3ccc(-c4nccs4)cc3P(C)(C)=O)n2)c(C)cc1N1CCC(N2CCN(C)CC2)CC1.CP(C)(=O)c1cc(-c2nccs2)ccc1Nc1nc(Cl)ncc1Br.Cc1ccc(S(=O)(=O)O)cc1. The van der Waals surface area contributed by atoms with Crippen molar-refractivity contribution < 1.29 is 36.7 Å². The first-order chi connectivity index (χ1) is 51.9. The van der Waals surface area contributed by atoms with E-state index in [1.54, 1.807) is 100 Å². The van der Waals surface area contributed by atoms with Crippen LogP contribution in [0.2, 0.25) is 5.28 Å². The number of hydrogen-bond donors (Lipinski definition) is 6. The molecular weight excluding hydrogens is 1630 g/mol. The van der Waals surface area contributed by atoms with Crippen LogP contribution in [-0.2, 0) is 19.2 Å². The lowest BCUT2D eigenvalue weighted by Crippen LogP contribution is -2.52. The smallest absolute Gasteiger partial charge is 0.294 e. The molecule has 0 atom stereocenters. The van der Waals surface area contributed by atoms with Crippen LogP contribution in [0.15, 0.2) is 134 Å². The zero-order valence-corrected chi connectivity index (χ0v) is 72.3. The fourth-order valence-corrected chi connectivity index (χ4v) is 17.8. The molecule has 9 aromatic rings. The summed E-state index contributed by atoms with van der Waals surface area (Å²) in [5.74, 6) is 3.25. The third-order valence-electron chi connectivity index (χ3n) is 19.4. The van der Waals surface area contributed by atoms with Gasteiger partial charge in [0.1, 0.15) is 47.4 Å². The largest absolute Gasteiger partial charge is 0.495 e. The molecule has 5 aromatic carbocycles. The van der Waals surface area contributed by atoms with Crippen molar-refractivity contribution in [3.05, 3.63) is 151 Å². The Hall–Kier alpha value is -6.66. The van der Waals surface area contributed by atoms with E-state index in [9.17, 15) is 17.5 Å². The molecule has 0 bridgehead atoms. The molecule has 24 nitrogen and oxygen atoms in total. The molecule has 8 heterocycles. The number of aromatic nitrogens is 6. The molecule has 0 radical (unpaired) electrons. The van der Waals surface area contributed by atoms with Crippen molar-refractivity contribution in [1.29, 1.82) is 0 Å². The summed E-state index contributed by atoms with van der Waals surface area (Å²) in [5.41, 5.74) is 16.5. The predicted molar refractivity (Wildman–Crippen MR) is 459 cm³/mol. The fraction of sp³-hybridized carbons (Fsp3) is 0.429. The topological polar surface area (TPSA) is 286 Å². The standard InChI is InChI=1S/C33H42BrN8O2PS.C18H30N4O.C15H13BrClN4OPS.C7H8O3S.C4H10O/c1-22-18-28(42-11-8-24(9-12-42)41-15-13-40(2)14-16-41)29(44-3)20-27(22)38-33-36-21-25(34)31(39-33)37-26-7-6-23(32-35-10-17-46-32)19-30(26)45(4,5)43;1-14-12-17(18(23-3)13-16(14)19)22-6-4-15(5-7-22)21-10-8-20(2)9-11-21;1-23(2,22)12-7-9(14-18-5-6-24-14)3-4-11(12)20-13-10(16)8-19-15(17)21-13;1-6-2-4-7(5-3-6)11(8,9)10;1-2-3-4-5/h6-7,10,17-21,24H,8-9,11-16H2,1-5H3,(H2,36,37,38,39);12-13,15H,4-11,19H2,1-3H3;3-8H,1-2H3,(H,19,20,21);2-5H,1H3,(H,8,9,10);5H,2-4H2,1H3. The number of piperidine rings is 2. The van der Waals surface area contributed by atoms with E-state index in [1.807, 2.05) is 66.2 Å². The lowest BCUT2D eigenvalue weighted by atomic mass is 10.0. The van der Waals surface area contributed by atoms with Gasteiger partial charge in [0.05, 0.1) is 50.8 Å². The molecule has 4 fully saturated rings. The van der Waals surface area contributed by atoms with Gasteiger partial charge in [-0.25, -0.2) is 19.9 Å². The van der Waals surface area contributed by atoms with Crippen molar-refractivity contribution in [1.82, 2.24) is 49.5 Å². The summed E-state index contributed by atoms with van der Waals surface area (Å²) in [6.45, 7) is 29.1. The van der Waals surface area contributed by atoms with E-state index in [1.165, 1.54) is 56.8 Å².